The van der Waals surface area contributed by atoms with Crippen molar-refractivity contribution in [2.45, 2.75) is 0 Å². The molecular formula is C9H9N3S. The molecule has 2 rings (SSSR count). The molecule has 0 fully saturated rings. The van der Waals surface area contributed by atoms with E-state index in [0.717, 1.165) is 4.80 Å². The van der Waals surface area contributed by atoms with Crippen LogP contribution < -0.4 is 4.80 Å². The van der Waals surface area contributed by atoms with Gasteiger partial charge in [0.15, 0.2) is 0 Å². The predicted octanol–water partition coefficient (Wildman–Crippen LogP) is 1.76. The fourth-order valence-corrected chi connectivity index (χ4v) is 2.23. The molecule has 0 amide bonds. The molecule has 13 heavy (non-hydrogen) atoms. The largest absolute Gasteiger partial charge is 0.318 e. The zero-order valence-electron chi connectivity index (χ0n) is 7.27. The van der Waals surface area contributed by atoms with E-state index in [4.69, 9.17) is 0 Å². The third kappa shape index (κ3) is 1.29. The molecule has 0 saturated carbocycles. The summed E-state index contributed by atoms with van der Waals surface area (Å²) in [4.78, 5) is 0.871. The Morgan fingerprint density at radius 2 is 2.15 bits per heavy atom. The third-order valence-electron chi connectivity index (χ3n) is 1.87. The Morgan fingerprint density at radius 1 is 1.38 bits per heavy atom. The van der Waals surface area contributed by atoms with Gasteiger partial charge in [-0.3, -0.25) is 0 Å². The van der Waals surface area contributed by atoms with Crippen molar-refractivity contribution in [3.63, 3.8) is 0 Å². The van der Waals surface area contributed by atoms with E-state index in [2.05, 4.69) is 29.1 Å². The number of fused-ring (bicyclic) bond motifs is 1. The number of aryl methyl sites for hydroxylation is 1. The first-order chi connectivity index (χ1) is 6.33. The molecule has 0 spiro atoms. The molecule has 0 radical (unpaired) electrons. The summed E-state index contributed by atoms with van der Waals surface area (Å²) in [5.74, 6) is 0. The molecule has 2 aromatic rings. The molecule has 66 valence electrons. The van der Waals surface area contributed by atoms with Crippen LogP contribution in [0, 0.1) is 0 Å². The second-order valence-electron chi connectivity index (χ2n) is 2.65. The number of hydrogen-bond acceptors (Lipinski definition) is 3. The number of aromatic nitrogens is 1. The molecular weight excluding hydrogens is 182 g/mol. The van der Waals surface area contributed by atoms with Crippen molar-refractivity contribution < 1.29 is 0 Å². The van der Waals surface area contributed by atoms with Gasteiger partial charge >= 0.3 is 0 Å². The number of nitrogens with zero attached hydrogens (tertiary/aromatic N) is 3. The first-order valence-corrected chi connectivity index (χ1v) is 4.69. The van der Waals surface area contributed by atoms with Gasteiger partial charge in [-0.15, -0.1) is 5.10 Å². The van der Waals surface area contributed by atoms with Crippen molar-refractivity contribution in [3.05, 3.63) is 29.1 Å². The summed E-state index contributed by atoms with van der Waals surface area (Å²) < 4.78 is 3.22. The quantitative estimate of drug-likeness (QED) is 0.485. The zero-order chi connectivity index (χ0) is 9.26. The van der Waals surface area contributed by atoms with Crippen LogP contribution >= 0.6 is 11.3 Å². The van der Waals surface area contributed by atoms with Crippen LogP contribution in [0.5, 0.6) is 0 Å². The average Bonchev–Trinajstić information content (AvgIpc) is 2.46. The van der Waals surface area contributed by atoms with Crippen molar-refractivity contribution in [3.8, 4) is 0 Å². The lowest BCUT2D eigenvalue weighted by molar-refractivity contribution is 0.890. The Labute approximate surface area is 79.7 Å². The topological polar surface area (TPSA) is 29.6 Å². The predicted molar refractivity (Wildman–Crippen MR) is 55.9 cm³/mol. The van der Waals surface area contributed by atoms with E-state index < -0.39 is 0 Å². The van der Waals surface area contributed by atoms with Gasteiger partial charge in [-0.25, -0.2) is 0 Å². The highest BCUT2D eigenvalue weighted by Crippen LogP contribution is 2.14. The van der Waals surface area contributed by atoms with Gasteiger partial charge in [0.1, 0.15) is 0 Å². The summed E-state index contributed by atoms with van der Waals surface area (Å²) >= 11 is 1.61. The Balaban J connectivity index is 2.89. The smallest absolute Gasteiger partial charge is 0.211 e. The highest BCUT2D eigenvalue weighted by Gasteiger charge is 1.99. The van der Waals surface area contributed by atoms with Crippen LogP contribution in [0.4, 0.5) is 0 Å². The highest BCUT2D eigenvalue weighted by molar-refractivity contribution is 7.16. The molecule has 3 nitrogen and oxygen atoms in total. The van der Waals surface area contributed by atoms with E-state index in [9.17, 15) is 0 Å². The number of thiazole rings is 1. The van der Waals surface area contributed by atoms with E-state index in [1.54, 1.807) is 11.3 Å². The number of benzene rings is 1. The monoisotopic (exact) mass is 191 g/mol. The van der Waals surface area contributed by atoms with Crippen molar-refractivity contribution in [1.82, 2.24) is 4.57 Å². The van der Waals surface area contributed by atoms with E-state index in [0.29, 0.717) is 0 Å². The van der Waals surface area contributed by atoms with Crippen molar-refractivity contribution in [2.75, 3.05) is 0 Å². The van der Waals surface area contributed by atoms with Gasteiger partial charge in [0.25, 0.3) is 0 Å². The summed E-state index contributed by atoms with van der Waals surface area (Å²) in [5.41, 5.74) is 1.18. The lowest BCUT2D eigenvalue weighted by Gasteiger charge is -1.91. The summed E-state index contributed by atoms with van der Waals surface area (Å²) in [6.45, 7) is 3.34. The van der Waals surface area contributed by atoms with Gasteiger partial charge in [0.2, 0.25) is 4.80 Å². The van der Waals surface area contributed by atoms with Crippen LogP contribution in [0.15, 0.2) is 34.5 Å². The zero-order valence-corrected chi connectivity index (χ0v) is 8.08. The second-order valence-corrected chi connectivity index (χ2v) is 3.66. The first-order valence-electron chi connectivity index (χ1n) is 3.87. The van der Waals surface area contributed by atoms with Gasteiger partial charge in [0.05, 0.1) is 10.2 Å². The van der Waals surface area contributed by atoms with Gasteiger partial charge in [-0.2, -0.15) is 5.10 Å². The lowest BCUT2D eigenvalue weighted by Crippen LogP contribution is -2.08. The van der Waals surface area contributed by atoms with Crippen LogP contribution in [0.3, 0.4) is 0 Å². The average molecular weight is 191 g/mol. The minimum atomic E-state index is 0.871. The van der Waals surface area contributed by atoms with Crippen molar-refractivity contribution in [1.29, 1.82) is 0 Å². The fourth-order valence-electron chi connectivity index (χ4n) is 1.24. The van der Waals surface area contributed by atoms with Gasteiger partial charge in [0, 0.05) is 13.8 Å². The van der Waals surface area contributed by atoms with Crippen LogP contribution in [0.2, 0.25) is 0 Å². The van der Waals surface area contributed by atoms with E-state index in [1.165, 1.54) is 10.2 Å². The molecule has 4 heteroatoms. The highest BCUT2D eigenvalue weighted by atomic mass is 32.1. The summed E-state index contributed by atoms with van der Waals surface area (Å²) in [6, 6.07) is 8.17. The van der Waals surface area contributed by atoms with Crippen molar-refractivity contribution in [2.24, 2.45) is 17.3 Å². The molecule has 1 aromatic heterocycles. The Morgan fingerprint density at radius 3 is 2.85 bits per heavy atom. The molecule has 0 saturated heterocycles. The Bertz CT molecular complexity index is 507. The van der Waals surface area contributed by atoms with Crippen LogP contribution in [0.1, 0.15) is 0 Å². The number of rotatable bonds is 1. The lowest BCUT2D eigenvalue weighted by atomic mass is 10.3. The Kier molecular flexibility index (Phi) is 1.98. The molecule has 0 N–H and O–H groups in total. The van der Waals surface area contributed by atoms with Gasteiger partial charge in [-0.1, -0.05) is 23.5 Å². The molecule has 0 aliphatic heterocycles. The Hall–Kier alpha value is -1.42. The SMILES string of the molecule is C=N/N=c1\sc2ccccc2n1C. The van der Waals surface area contributed by atoms with Gasteiger partial charge in [-0.05, 0) is 12.1 Å². The minimum Gasteiger partial charge on any atom is -0.318 e. The van der Waals surface area contributed by atoms with Crippen LogP contribution in [-0.2, 0) is 7.05 Å². The first kappa shape index (κ1) is 8.19. The van der Waals surface area contributed by atoms with Gasteiger partial charge < -0.3 is 4.57 Å². The van der Waals surface area contributed by atoms with E-state index in [1.807, 2.05) is 23.7 Å². The minimum absolute atomic E-state index is 0.871. The maximum atomic E-state index is 3.94. The second kappa shape index (κ2) is 3.14. The molecule has 0 aliphatic rings. The summed E-state index contributed by atoms with van der Waals surface area (Å²) in [6.07, 6.45) is 0. The normalized spacial score (nSPS) is 12.2. The molecule has 0 bridgehead atoms. The molecule has 1 aromatic carbocycles. The number of para-hydroxylation sites is 1. The molecule has 0 aliphatic carbocycles. The van der Waals surface area contributed by atoms with Crippen LogP contribution in [0.25, 0.3) is 10.2 Å². The fraction of sp³-hybridized carbons (Fsp3) is 0.111. The maximum absolute atomic E-state index is 3.94. The van der Waals surface area contributed by atoms with Crippen LogP contribution in [-0.4, -0.2) is 11.3 Å². The van der Waals surface area contributed by atoms with Crippen molar-refractivity contribution >= 4 is 28.3 Å². The molecule has 1 heterocycles. The van der Waals surface area contributed by atoms with E-state index >= 15 is 0 Å². The summed E-state index contributed by atoms with van der Waals surface area (Å²) in [5, 5.41) is 7.47. The molecule has 0 unspecified atom stereocenters. The maximum Gasteiger partial charge on any atom is 0.211 e. The summed E-state index contributed by atoms with van der Waals surface area (Å²) in [7, 11) is 1.98. The standard InChI is InChI=1S/C9H9N3S/c1-10-11-9-12(2)7-5-3-4-6-8(7)13-9/h3-6H,1H2,2H3/b11-9-. The third-order valence-corrected chi connectivity index (χ3v) is 2.97. The molecule has 0 atom stereocenters. The van der Waals surface area contributed by atoms with E-state index in [-0.39, 0.29) is 0 Å². The number of hydrogen-bond donors (Lipinski definition) is 0.